The van der Waals surface area contributed by atoms with Crippen LogP contribution in [0.2, 0.25) is 0 Å². The summed E-state index contributed by atoms with van der Waals surface area (Å²) in [6, 6.07) is 0.532. The molecule has 0 aromatic heterocycles. The average Bonchev–Trinajstić information content (AvgIpc) is 2.17. The summed E-state index contributed by atoms with van der Waals surface area (Å²) in [5, 5.41) is 0. The predicted octanol–water partition coefficient (Wildman–Crippen LogP) is 0.990. The molecule has 3 unspecified atom stereocenters. The Labute approximate surface area is 44.9 Å². The second-order valence-electron chi connectivity index (χ2n) is 2.51. The van der Waals surface area contributed by atoms with Crippen LogP contribution in [-0.4, -0.2) is 6.04 Å². The molecule has 3 atom stereocenters. The molecule has 1 aliphatic carbocycles. The minimum absolute atomic E-state index is 0.532. The summed E-state index contributed by atoms with van der Waals surface area (Å²) < 4.78 is 0. The minimum atomic E-state index is 0.532. The van der Waals surface area contributed by atoms with Crippen molar-refractivity contribution in [3.05, 3.63) is 0 Å². The van der Waals surface area contributed by atoms with Crippen LogP contribution >= 0.6 is 0 Å². The molecule has 1 rings (SSSR count). The van der Waals surface area contributed by atoms with Gasteiger partial charge in [-0.3, -0.25) is 0 Å². The number of rotatable bonds is 1. The summed E-state index contributed by atoms with van der Waals surface area (Å²) in [6.07, 6.45) is 1.27. The number of hydrogen-bond donors (Lipinski definition) is 1. The van der Waals surface area contributed by atoms with Gasteiger partial charge in [0.15, 0.2) is 0 Å². The Morgan fingerprint density at radius 2 is 2.00 bits per heavy atom. The molecule has 2 N–H and O–H groups in total. The van der Waals surface area contributed by atoms with E-state index in [0.717, 1.165) is 11.8 Å². The Morgan fingerprint density at radius 1 is 1.57 bits per heavy atom. The van der Waals surface area contributed by atoms with E-state index in [0.29, 0.717) is 6.04 Å². The summed E-state index contributed by atoms with van der Waals surface area (Å²) in [5.74, 6) is 1.66. The van der Waals surface area contributed by atoms with E-state index in [1.54, 1.807) is 0 Å². The Hall–Kier alpha value is -0.0400. The molecule has 0 heterocycles. The molecule has 0 saturated heterocycles. The highest BCUT2D eigenvalue weighted by Crippen LogP contribution is 2.38. The van der Waals surface area contributed by atoms with Crippen LogP contribution in [0.3, 0.4) is 0 Å². The van der Waals surface area contributed by atoms with Crippen LogP contribution in [0, 0.1) is 11.8 Å². The molecule has 0 aromatic carbocycles. The molecule has 1 fully saturated rings. The van der Waals surface area contributed by atoms with Crippen molar-refractivity contribution in [1.82, 2.24) is 0 Å². The molecule has 0 amide bonds. The third kappa shape index (κ3) is 0.653. The predicted molar refractivity (Wildman–Crippen MR) is 30.9 cm³/mol. The molecule has 0 spiro atoms. The van der Waals surface area contributed by atoms with E-state index in [-0.39, 0.29) is 0 Å². The van der Waals surface area contributed by atoms with Gasteiger partial charge in [-0.2, -0.15) is 0 Å². The van der Waals surface area contributed by atoms with Crippen molar-refractivity contribution in [2.45, 2.75) is 26.3 Å². The summed E-state index contributed by atoms with van der Waals surface area (Å²) in [4.78, 5) is 0. The zero-order valence-corrected chi connectivity index (χ0v) is 5.02. The van der Waals surface area contributed by atoms with Gasteiger partial charge in [-0.1, -0.05) is 20.3 Å². The van der Waals surface area contributed by atoms with Crippen molar-refractivity contribution in [1.29, 1.82) is 0 Å². The van der Waals surface area contributed by atoms with Gasteiger partial charge >= 0.3 is 0 Å². The highest BCUT2D eigenvalue weighted by molar-refractivity contribution is 4.96. The first-order valence-electron chi connectivity index (χ1n) is 3.03. The highest BCUT2D eigenvalue weighted by Gasteiger charge is 2.41. The molecular formula is C6H13N. The average molecular weight is 99.2 g/mol. The van der Waals surface area contributed by atoms with Crippen LogP contribution in [-0.2, 0) is 0 Å². The number of nitrogens with two attached hydrogens (primary N) is 1. The van der Waals surface area contributed by atoms with E-state index < -0.39 is 0 Å². The lowest BCUT2D eigenvalue weighted by atomic mass is 10.3. The third-order valence-corrected chi connectivity index (χ3v) is 2.11. The maximum Gasteiger partial charge on any atom is 0.00992 e. The van der Waals surface area contributed by atoms with Crippen LogP contribution in [0.15, 0.2) is 0 Å². The summed E-state index contributed by atoms with van der Waals surface area (Å²) >= 11 is 0. The molecule has 0 radical (unpaired) electrons. The Kier molecular flexibility index (Phi) is 1.08. The van der Waals surface area contributed by atoms with E-state index in [1.807, 2.05) is 0 Å². The van der Waals surface area contributed by atoms with Crippen molar-refractivity contribution in [2.24, 2.45) is 17.6 Å². The van der Waals surface area contributed by atoms with Crippen LogP contribution < -0.4 is 5.73 Å². The molecule has 1 saturated carbocycles. The standard InChI is InChI=1S/C6H13N/c1-3-5-4(2)6(5)7/h4-6H,3,7H2,1-2H3. The maximum atomic E-state index is 5.62. The van der Waals surface area contributed by atoms with Gasteiger partial charge in [-0.25, -0.2) is 0 Å². The van der Waals surface area contributed by atoms with Crippen molar-refractivity contribution >= 4 is 0 Å². The van der Waals surface area contributed by atoms with Gasteiger partial charge in [0.2, 0.25) is 0 Å². The second-order valence-corrected chi connectivity index (χ2v) is 2.51. The Balaban J connectivity index is 2.24. The van der Waals surface area contributed by atoms with Gasteiger partial charge in [-0.15, -0.1) is 0 Å². The zero-order chi connectivity index (χ0) is 5.44. The van der Waals surface area contributed by atoms with Crippen molar-refractivity contribution in [3.63, 3.8) is 0 Å². The molecule has 42 valence electrons. The first kappa shape index (κ1) is 5.10. The van der Waals surface area contributed by atoms with Crippen LogP contribution in [0.5, 0.6) is 0 Å². The van der Waals surface area contributed by atoms with E-state index in [9.17, 15) is 0 Å². The van der Waals surface area contributed by atoms with Crippen LogP contribution in [0.4, 0.5) is 0 Å². The first-order chi connectivity index (χ1) is 3.27. The van der Waals surface area contributed by atoms with E-state index in [1.165, 1.54) is 6.42 Å². The summed E-state index contributed by atoms with van der Waals surface area (Å²) in [5.41, 5.74) is 5.62. The van der Waals surface area contributed by atoms with Gasteiger partial charge in [0.05, 0.1) is 0 Å². The largest absolute Gasteiger partial charge is 0.327 e. The fourth-order valence-corrected chi connectivity index (χ4v) is 1.22. The van der Waals surface area contributed by atoms with Gasteiger partial charge in [0.25, 0.3) is 0 Å². The van der Waals surface area contributed by atoms with Gasteiger partial charge in [0.1, 0.15) is 0 Å². The molecule has 0 aromatic rings. The Morgan fingerprint density at radius 3 is 2.00 bits per heavy atom. The molecule has 7 heavy (non-hydrogen) atoms. The Bertz CT molecular complexity index is 62.6. The lowest BCUT2D eigenvalue weighted by molar-refractivity contribution is 0.717. The number of hydrogen-bond acceptors (Lipinski definition) is 1. The first-order valence-corrected chi connectivity index (χ1v) is 3.03. The fourth-order valence-electron chi connectivity index (χ4n) is 1.22. The van der Waals surface area contributed by atoms with Crippen LogP contribution in [0.1, 0.15) is 20.3 Å². The van der Waals surface area contributed by atoms with Gasteiger partial charge in [0, 0.05) is 6.04 Å². The normalized spacial score (nSPS) is 49.3. The quantitative estimate of drug-likeness (QED) is 0.521. The topological polar surface area (TPSA) is 26.0 Å². The van der Waals surface area contributed by atoms with E-state index in [4.69, 9.17) is 5.73 Å². The lowest BCUT2D eigenvalue weighted by Crippen LogP contribution is -2.01. The molecule has 0 bridgehead atoms. The molecule has 1 heteroatoms. The highest BCUT2D eigenvalue weighted by atomic mass is 14.8. The van der Waals surface area contributed by atoms with Crippen molar-refractivity contribution in [3.8, 4) is 0 Å². The lowest BCUT2D eigenvalue weighted by Gasteiger charge is -1.80. The minimum Gasteiger partial charge on any atom is -0.327 e. The summed E-state index contributed by atoms with van der Waals surface area (Å²) in [7, 11) is 0. The SMILES string of the molecule is CCC1C(C)C1N. The van der Waals surface area contributed by atoms with Gasteiger partial charge < -0.3 is 5.73 Å². The van der Waals surface area contributed by atoms with Crippen molar-refractivity contribution in [2.75, 3.05) is 0 Å². The van der Waals surface area contributed by atoms with E-state index in [2.05, 4.69) is 13.8 Å². The molecular weight excluding hydrogens is 86.1 g/mol. The van der Waals surface area contributed by atoms with Crippen LogP contribution in [0.25, 0.3) is 0 Å². The zero-order valence-electron chi connectivity index (χ0n) is 5.02. The molecule has 1 aliphatic rings. The summed E-state index contributed by atoms with van der Waals surface area (Å²) in [6.45, 7) is 4.42. The van der Waals surface area contributed by atoms with E-state index >= 15 is 0 Å². The monoisotopic (exact) mass is 99.1 g/mol. The molecule has 1 nitrogen and oxygen atoms in total. The fraction of sp³-hybridized carbons (Fsp3) is 1.00. The molecule has 0 aliphatic heterocycles. The second kappa shape index (κ2) is 1.48. The third-order valence-electron chi connectivity index (χ3n) is 2.11. The maximum absolute atomic E-state index is 5.62. The smallest absolute Gasteiger partial charge is 0.00992 e. The van der Waals surface area contributed by atoms with Crippen molar-refractivity contribution < 1.29 is 0 Å². The van der Waals surface area contributed by atoms with Gasteiger partial charge in [-0.05, 0) is 11.8 Å².